The van der Waals surface area contributed by atoms with Gasteiger partial charge in [0.15, 0.2) is 5.13 Å². The number of methoxy groups -OCH3 is 1. The molecule has 0 saturated heterocycles. The zero-order valence-corrected chi connectivity index (χ0v) is 22.6. The maximum atomic E-state index is 14.8. The van der Waals surface area contributed by atoms with E-state index in [0.29, 0.717) is 21.7 Å². The summed E-state index contributed by atoms with van der Waals surface area (Å²) >= 11 is 2.22. The normalized spacial score (nSPS) is 10.8. The van der Waals surface area contributed by atoms with Crippen LogP contribution in [0.4, 0.5) is 30.2 Å². The minimum absolute atomic E-state index is 0.0333. The number of aromatic nitrogens is 2. The molecule has 0 aliphatic heterocycles. The Morgan fingerprint density at radius 3 is 2.70 bits per heavy atom. The van der Waals surface area contributed by atoms with Crippen LogP contribution in [0.1, 0.15) is 10.4 Å². The molecule has 0 spiro atoms. The Kier molecular flexibility index (Phi) is 9.55. The van der Waals surface area contributed by atoms with Crippen LogP contribution < -0.4 is 26.4 Å². The average Bonchev–Trinajstić information content (AvgIpc) is 3.56. The maximum absolute atomic E-state index is 14.8. The number of aliphatic hydroxyl groups is 1. The van der Waals surface area contributed by atoms with E-state index in [1.165, 1.54) is 25.3 Å². The van der Waals surface area contributed by atoms with Crippen molar-refractivity contribution in [1.29, 1.82) is 0 Å². The van der Waals surface area contributed by atoms with Crippen molar-refractivity contribution in [2.45, 2.75) is 0 Å². The standard InChI is InChI=1S/C25H24F2N6O5S2/c1-37-14-4-2-3-13(9-14)22(35)30-18-10-15(16(26)11-17(18)27)19-12-39-23(31-19)20-21(28)32-25(40-20)33-24(36)29-5-7-38-8-6-34/h2-4,9-12,34H,5-8,28H2,1H3,(H,30,35)(H2,29,32,33,36). The van der Waals surface area contributed by atoms with Crippen molar-refractivity contribution in [2.24, 2.45) is 0 Å². The number of aliphatic hydroxyl groups excluding tert-OH is 1. The third kappa shape index (κ3) is 7.06. The molecule has 0 fully saturated rings. The van der Waals surface area contributed by atoms with Crippen LogP contribution in [-0.4, -0.2) is 60.5 Å². The number of thiazole rings is 2. The summed E-state index contributed by atoms with van der Waals surface area (Å²) in [6.45, 7) is 0.516. The highest BCUT2D eigenvalue weighted by Crippen LogP contribution is 2.39. The van der Waals surface area contributed by atoms with E-state index in [9.17, 15) is 18.4 Å². The molecule has 11 nitrogen and oxygen atoms in total. The molecule has 2 aromatic carbocycles. The third-order valence-electron chi connectivity index (χ3n) is 5.25. The van der Waals surface area contributed by atoms with E-state index < -0.39 is 23.6 Å². The van der Waals surface area contributed by atoms with Crippen LogP contribution in [-0.2, 0) is 4.74 Å². The monoisotopic (exact) mass is 590 g/mol. The summed E-state index contributed by atoms with van der Waals surface area (Å²) in [5.41, 5.74) is 6.19. The highest BCUT2D eigenvalue weighted by atomic mass is 32.1. The molecule has 0 aliphatic carbocycles. The van der Waals surface area contributed by atoms with Crippen LogP contribution in [0.25, 0.3) is 21.1 Å². The molecule has 15 heteroatoms. The molecule has 2 aromatic heterocycles. The van der Waals surface area contributed by atoms with Gasteiger partial charge in [-0.2, -0.15) is 0 Å². The van der Waals surface area contributed by atoms with Crippen molar-refractivity contribution in [3.05, 3.63) is 59.0 Å². The highest BCUT2D eigenvalue weighted by molar-refractivity contribution is 7.23. The van der Waals surface area contributed by atoms with Crippen LogP contribution in [0.2, 0.25) is 0 Å². The molecule has 210 valence electrons. The Hall–Kier alpha value is -4.18. The molecule has 0 aliphatic rings. The zero-order chi connectivity index (χ0) is 28.6. The quantitative estimate of drug-likeness (QED) is 0.163. The van der Waals surface area contributed by atoms with Gasteiger partial charge in [-0.05, 0) is 24.3 Å². The Morgan fingerprint density at radius 1 is 1.10 bits per heavy atom. The fraction of sp³-hybridized carbons (Fsp3) is 0.200. The number of nitrogens with two attached hydrogens (primary N) is 1. The van der Waals surface area contributed by atoms with Crippen molar-refractivity contribution >= 4 is 51.2 Å². The number of hydrogen-bond acceptors (Lipinski definition) is 10. The van der Waals surface area contributed by atoms with Crippen LogP contribution in [0.15, 0.2) is 41.8 Å². The number of nitrogens with zero attached hydrogens (tertiary/aromatic N) is 2. The number of rotatable bonds is 11. The van der Waals surface area contributed by atoms with Crippen LogP contribution in [0.5, 0.6) is 5.75 Å². The van der Waals surface area contributed by atoms with E-state index in [2.05, 4.69) is 25.9 Å². The minimum Gasteiger partial charge on any atom is -0.497 e. The predicted molar refractivity (Wildman–Crippen MR) is 149 cm³/mol. The van der Waals surface area contributed by atoms with E-state index in [1.54, 1.807) is 17.5 Å². The number of nitrogens with one attached hydrogen (secondary N) is 3. The smallest absolute Gasteiger partial charge is 0.321 e. The second kappa shape index (κ2) is 13.3. The van der Waals surface area contributed by atoms with E-state index in [1.807, 2.05) is 0 Å². The number of anilines is 3. The summed E-state index contributed by atoms with van der Waals surface area (Å²) in [4.78, 5) is 33.7. The van der Waals surface area contributed by atoms with E-state index in [-0.39, 0.29) is 59.8 Å². The van der Waals surface area contributed by atoms with Crippen LogP contribution in [0, 0.1) is 11.6 Å². The largest absolute Gasteiger partial charge is 0.497 e. The van der Waals surface area contributed by atoms with Gasteiger partial charge >= 0.3 is 6.03 Å². The summed E-state index contributed by atoms with van der Waals surface area (Å²) in [7, 11) is 1.46. The van der Waals surface area contributed by atoms with Crippen molar-refractivity contribution < 1.29 is 33.0 Å². The first kappa shape index (κ1) is 28.8. The average molecular weight is 591 g/mol. The Balaban J connectivity index is 1.48. The molecule has 3 amide bonds. The lowest BCUT2D eigenvalue weighted by atomic mass is 10.1. The van der Waals surface area contributed by atoms with Gasteiger partial charge in [-0.15, -0.1) is 11.3 Å². The van der Waals surface area contributed by atoms with E-state index in [0.717, 1.165) is 22.7 Å². The molecular weight excluding hydrogens is 566 g/mol. The number of benzene rings is 2. The van der Waals surface area contributed by atoms with Gasteiger partial charge in [0.2, 0.25) is 0 Å². The molecule has 2 heterocycles. The number of carbonyl (C=O) groups excluding carboxylic acids is 2. The first-order chi connectivity index (χ1) is 19.3. The number of carbonyl (C=O) groups is 2. The van der Waals surface area contributed by atoms with Crippen molar-refractivity contribution in [1.82, 2.24) is 15.3 Å². The molecule has 0 unspecified atom stereocenters. The van der Waals surface area contributed by atoms with Gasteiger partial charge in [-0.3, -0.25) is 10.1 Å². The summed E-state index contributed by atoms with van der Waals surface area (Å²) in [5, 5.41) is 18.5. The van der Waals surface area contributed by atoms with Crippen molar-refractivity contribution in [2.75, 3.05) is 49.8 Å². The summed E-state index contributed by atoms with van der Waals surface area (Å²) in [6, 6.07) is 7.62. The zero-order valence-electron chi connectivity index (χ0n) is 21.0. The second-order valence-electron chi connectivity index (χ2n) is 7.99. The highest BCUT2D eigenvalue weighted by Gasteiger charge is 2.20. The number of hydrogen-bond donors (Lipinski definition) is 5. The van der Waals surface area contributed by atoms with Gasteiger partial charge in [-0.25, -0.2) is 23.5 Å². The van der Waals surface area contributed by atoms with Gasteiger partial charge < -0.3 is 30.9 Å². The molecular formula is C25H24F2N6O5S2. The van der Waals surface area contributed by atoms with E-state index in [4.69, 9.17) is 20.3 Å². The van der Waals surface area contributed by atoms with Gasteiger partial charge in [0, 0.05) is 29.1 Å². The number of amides is 3. The summed E-state index contributed by atoms with van der Waals surface area (Å²) in [5.74, 6) is -1.86. The molecule has 0 bridgehead atoms. The molecule has 0 saturated carbocycles. The topological polar surface area (TPSA) is 161 Å². The summed E-state index contributed by atoms with van der Waals surface area (Å²) < 4.78 is 39.5. The number of nitrogen functional groups attached to an aromatic ring is 1. The fourth-order valence-corrected chi connectivity index (χ4v) is 5.18. The van der Waals surface area contributed by atoms with E-state index >= 15 is 0 Å². The van der Waals surface area contributed by atoms with Gasteiger partial charge in [0.25, 0.3) is 5.91 Å². The third-order valence-corrected chi connectivity index (χ3v) is 7.23. The summed E-state index contributed by atoms with van der Waals surface area (Å²) in [6.07, 6.45) is 0. The number of halogens is 2. The molecule has 6 N–H and O–H groups in total. The maximum Gasteiger partial charge on any atom is 0.321 e. The lowest BCUT2D eigenvalue weighted by Crippen LogP contribution is -2.31. The van der Waals surface area contributed by atoms with Gasteiger partial charge in [-0.1, -0.05) is 17.4 Å². The molecule has 4 rings (SSSR count). The first-order valence-corrected chi connectivity index (χ1v) is 13.4. The molecule has 0 radical (unpaired) electrons. The first-order valence-electron chi connectivity index (χ1n) is 11.7. The minimum atomic E-state index is -0.950. The SMILES string of the molecule is COc1cccc(C(=O)Nc2cc(-c3csc(-c4sc(NC(=O)NCCOCCO)nc4N)n3)c(F)cc2F)c1. The predicted octanol–water partition coefficient (Wildman–Crippen LogP) is 4.19. The molecule has 4 aromatic rings. The molecule has 0 atom stereocenters. The second-order valence-corrected chi connectivity index (χ2v) is 9.84. The number of ether oxygens (including phenoxy) is 2. The molecule has 40 heavy (non-hydrogen) atoms. The van der Waals surface area contributed by atoms with Crippen molar-refractivity contribution in [3.63, 3.8) is 0 Å². The lowest BCUT2D eigenvalue weighted by molar-refractivity contribution is 0.0950. The van der Waals surface area contributed by atoms with Gasteiger partial charge in [0.1, 0.15) is 33.1 Å². The Labute approximate surface area is 235 Å². The van der Waals surface area contributed by atoms with Gasteiger partial charge in [0.05, 0.1) is 38.3 Å². The number of urea groups is 1. The fourth-order valence-electron chi connectivity index (χ4n) is 3.38. The van der Waals surface area contributed by atoms with Crippen LogP contribution >= 0.6 is 22.7 Å². The Bertz CT molecular complexity index is 1510. The lowest BCUT2D eigenvalue weighted by Gasteiger charge is -2.10. The van der Waals surface area contributed by atoms with Crippen molar-refractivity contribution in [3.8, 4) is 26.9 Å². The Morgan fingerprint density at radius 2 is 1.93 bits per heavy atom. The van der Waals surface area contributed by atoms with Crippen LogP contribution in [0.3, 0.4) is 0 Å².